The van der Waals surface area contributed by atoms with E-state index in [4.69, 9.17) is 10.00 Å². The van der Waals surface area contributed by atoms with Crippen LogP contribution in [0, 0.1) is 17.2 Å². The molecule has 0 spiro atoms. The molecule has 1 saturated carbocycles. The Morgan fingerprint density at radius 1 is 1.46 bits per heavy atom. The average molecular weight is 179 g/mol. The fourth-order valence-corrected chi connectivity index (χ4v) is 2.51. The maximum atomic E-state index is 8.58. The van der Waals surface area contributed by atoms with Gasteiger partial charge in [0.1, 0.15) is 0 Å². The summed E-state index contributed by atoms with van der Waals surface area (Å²) < 4.78 is 5.97. The minimum Gasteiger partial charge on any atom is -0.371 e. The van der Waals surface area contributed by atoms with Gasteiger partial charge in [0, 0.05) is 0 Å². The zero-order valence-corrected chi connectivity index (χ0v) is 8.25. The fraction of sp³-hybridized carbons (Fsp3) is 0.909. The van der Waals surface area contributed by atoms with Gasteiger partial charge in [0.2, 0.25) is 0 Å². The highest BCUT2D eigenvalue weighted by Crippen LogP contribution is 2.45. The van der Waals surface area contributed by atoms with E-state index in [1.54, 1.807) is 0 Å². The van der Waals surface area contributed by atoms with Crippen molar-refractivity contribution in [1.29, 1.82) is 5.26 Å². The van der Waals surface area contributed by atoms with Gasteiger partial charge < -0.3 is 4.74 Å². The van der Waals surface area contributed by atoms with E-state index in [1.807, 2.05) is 0 Å². The molecule has 1 heterocycles. The molecule has 2 heteroatoms. The first kappa shape index (κ1) is 9.02. The molecular formula is C11H17NO. The maximum Gasteiger partial charge on any atom is 0.0713 e. The van der Waals surface area contributed by atoms with Crippen LogP contribution < -0.4 is 0 Å². The molecule has 72 valence electrons. The second-order valence-electron chi connectivity index (χ2n) is 4.58. The van der Waals surface area contributed by atoms with Gasteiger partial charge in [0.05, 0.1) is 24.2 Å². The van der Waals surface area contributed by atoms with Crippen LogP contribution in [0.15, 0.2) is 0 Å². The normalized spacial score (nSPS) is 39.8. The van der Waals surface area contributed by atoms with E-state index in [-0.39, 0.29) is 11.7 Å². The lowest BCUT2D eigenvalue weighted by molar-refractivity contribution is -0.0867. The average Bonchev–Trinajstić information content (AvgIpc) is 2.29. The minimum atomic E-state index is 0.111. The number of nitrogens with zero attached hydrogens (tertiary/aromatic N) is 1. The first-order valence-corrected chi connectivity index (χ1v) is 5.29. The molecule has 0 radical (unpaired) electrons. The molecule has 2 rings (SSSR count). The van der Waals surface area contributed by atoms with Gasteiger partial charge in [-0.25, -0.2) is 0 Å². The summed E-state index contributed by atoms with van der Waals surface area (Å²) in [6.07, 6.45) is 7.06. The van der Waals surface area contributed by atoms with E-state index in [2.05, 4.69) is 13.0 Å². The maximum absolute atomic E-state index is 8.58. The van der Waals surface area contributed by atoms with Gasteiger partial charge in [-0.05, 0) is 38.5 Å². The van der Waals surface area contributed by atoms with Crippen LogP contribution >= 0.6 is 0 Å². The summed E-state index contributed by atoms with van der Waals surface area (Å²) in [6.45, 7) is 2.23. The molecule has 0 N–H and O–H groups in total. The predicted octanol–water partition coefficient (Wildman–Crippen LogP) is 2.64. The summed E-state index contributed by atoms with van der Waals surface area (Å²) in [5, 5.41) is 8.58. The summed E-state index contributed by atoms with van der Waals surface area (Å²) in [7, 11) is 0. The Bertz CT molecular complexity index is 229. The Hall–Kier alpha value is -0.550. The van der Waals surface area contributed by atoms with Crippen LogP contribution in [0.1, 0.15) is 45.4 Å². The molecule has 1 aliphatic carbocycles. The Morgan fingerprint density at radius 3 is 2.77 bits per heavy atom. The molecule has 0 bridgehead atoms. The van der Waals surface area contributed by atoms with Crippen molar-refractivity contribution in [3.8, 4) is 6.07 Å². The number of nitriles is 1. The van der Waals surface area contributed by atoms with Gasteiger partial charge in [-0.1, -0.05) is 6.42 Å². The molecule has 0 amide bonds. The highest BCUT2D eigenvalue weighted by Gasteiger charge is 2.44. The van der Waals surface area contributed by atoms with E-state index in [0.717, 1.165) is 18.8 Å². The van der Waals surface area contributed by atoms with E-state index < -0.39 is 0 Å². The third kappa shape index (κ3) is 1.58. The Labute approximate surface area is 79.9 Å². The van der Waals surface area contributed by atoms with E-state index >= 15 is 0 Å². The molecule has 13 heavy (non-hydrogen) atoms. The second kappa shape index (κ2) is 3.31. The molecule has 2 fully saturated rings. The quantitative estimate of drug-likeness (QED) is 0.652. The number of hydrogen-bond donors (Lipinski definition) is 0. The van der Waals surface area contributed by atoms with Crippen LogP contribution in [0.4, 0.5) is 0 Å². The number of rotatable bonds is 2. The largest absolute Gasteiger partial charge is 0.371 e. The Balaban J connectivity index is 1.91. The molecule has 1 aliphatic heterocycles. The van der Waals surface area contributed by atoms with E-state index in [9.17, 15) is 0 Å². The van der Waals surface area contributed by atoms with Gasteiger partial charge in [-0.2, -0.15) is 5.26 Å². The van der Waals surface area contributed by atoms with Crippen LogP contribution in [0.3, 0.4) is 0 Å². The molecule has 0 aromatic rings. The Morgan fingerprint density at radius 2 is 2.23 bits per heavy atom. The SMILES string of the molecule is CC1(C2CCC2)CCC(CC#N)O1. The van der Waals surface area contributed by atoms with Crippen LogP contribution in [-0.4, -0.2) is 11.7 Å². The van der Waals surface area contributed by atoms with Crippen molar-refractivity contribution < 1.29 is 4.74 Å². The summed E-state index contributed by atoms with van der Waals surface area (Å²) in [6, 6.07) is 2.20. The van der Waals surface area contributed by atoms with Gasteiger partial charge in [-0.3, -0.25) is 0 Å². The smallest absolute Gasteiger partial charge is 0.0713 e. The van der Waals surface area contributed by atoms with Crippen LogP contribution in [0.5, 0.6) is 0 Å². The van der Waals surface area contributed by atoms with Crippen molar-refractivity contribution >= 4 is 0 Å². The molecule has 0 aromatic heterocycles. The van der Waals surface area contributed by atoms with Gasteiger partial charge >= 0.3 is 0 Å². The first-order chi connectivity index (χ1) is 6.24. The summed E-state index contributed by atoms with van der Waals surface area (Å²) in [5.41, 5.74) is 0.111. The van der Waals surface area contributed by atoms with E-state index in [1.165, 1.54) is 19.3 Å². The van der Waals surface area contributed by atoms with Gasteiger partial charge in [0.25, 0.3) is 0 Å². The molecule has 2 aliphatic rings. The summed E-state index contributed by atoms with van der Waals surface area (Å²) in [5.74, 6) is 0.774. The third-order valence-corrected chi connectivity index (χ3v) is 3.69. The van der Waals surface area contributed by atoms with Crippen molar-refractivity contribution in [1.82, 2.24) is 0 Å². The molecule has 2 unspecified atom stereocenters. The zero-order valence-electron chi connectivity index (χ0n) is 8.25. The molecule has 1 saturated heterocycles. The lowest BCUT2D eigenvalue weighted by Crippen LogP contribution is -2.38. The lowest BCUT2D eigenvalue weighted by Gasteiger charge is -2.39. The van der Waals surface area contributed by atoms with Crippen molar-refractivity contribution in [2.24, 2.45) is 5.92 Å². The van der Waals surface area contributed by atoms with Crippen LogP contribution in [0.25, 0.3) is 0 Å². The lowest BCUT2D eigenvalue weighted by atomic mass is 9.72. The first-order valence-electron chi connectivity index (χ1n) is 5.29. The van der Waals surface area contributed by atoms with E-state index in [0.29, 0.717) is 6.42 Å². The van der Waals surface area contributed by atoms with Gasteiger partial charge in [0.15, 0.2) is 0 Å². The summed E-state index contributed by atoms with van der Waals surface area (Å²) >= 11 is 0. The monoisotopic (exact) mass is 179 g/mol. The standard InChI is InChI=1S/C11H17NO/c1-11(9-3-2-4-9)7-5-10(13-11)6-8-12/h9-10H,2-7H2,1H3. The summed E-state index contributed by atoms with van der Waals surface area (Å²) in [4.78, 5) is 0. The number of hydrogen-bond acceptors (Lipinski definition) is 2. The van der Waals surface area contributed by atoms with Crippen molar-refractivity contribution in [3.63, 3.8) is 0 Å². The number of ether oxygens (including phenoxy) is 1. The van der Waals surface area contributed by atoms with Crippen LogP contribution in [0.2, 0.25) is 0 Å². The second-order valence-corrected chi connectivity index (χ2v) is 4.58. The van der Waals surface area contributed by atoms with Gasteiger partial charge in [-0.15, -0.1) is 0 Å². The van der Waals surface area contributed by atoms with Crippen molar-refractivity contribution in [3.05, 3.63) is 0 Å². The topological polar surface area (TPSA) is 33.0 Å². The highest BCUT2D eigenvalue weighted by atomic mass is 16.5. The predicted molar refractivity (Wildman–Crippen MR) is 50.1 cm³/mol. The van der Waals surface area contributed by atoms with Crippen molar-refractivity contribution in [2.75, 3.05) is 0 Å². The molecule has 2 nitrogen and oxygen atoms in total. The minimum absolute atomic E-state index is 0.111. The Kier molecular flexibility index (Phi) is 2.29. The molecule has 0 aromatic carbocycles. The zero-order chi connectivity index (χ0) is 9.31. The third-order valence-electron chi connectivity index (χ3n) is 3.69. The molecule has 2 atom stereocenters. The molecular weight excluding hydrogens is 162 g/mol. The van der Waals surface area contributed by atoms with Crippen LogP contribution in [-0.2, 0) is 4.74 Å². The fourth-order valence-electron chi connectivity index (χ4n) is 2.51. The highest BCUT2D eigenvalue weighted by molar-refractivity contribution is 4.96. The van der Waals surface area contributed by atoms with Crippen molar-refractivity contribution in [2.45, 2.75) is 57.2 Å².